The van der Waals surface area contributed by atoms with E-state index in [1.165, 1.54) is 25.7 Å². The fourth-order valence-electron chi connectivity index (χ4n) is 1.47. The highest BCUT2D eigenvalue weighted by atomic mass is 32.2. The maximum Gasteiger partial charge on any atom is 0.152 e. The topological polar surface area (TPSA) is 38.9 Å². The summed E-state index contributed by atoms with van der Waals surface area (Å²) in [6, 6.07) is 0. The molecule has 0 saturated heterocycles. The Bertz CT molecular complexity index is 253. The minimum absolute atomic E-state index is 0.801. The van der Waals surface area contributed by atoms with E-state index in [9.17, 15) is 0 Å². The number of thiazole rings is 1. The summed E-state index contributed by atoms with van der Waals surface area (Å²) in [4.78, 5) is 4.24. The summed E-state index contributed by atoms with van der Waals surface area (Å²) in [5.74, 6) is 0. The molecule has 1 aliphatic rings. The molecule has 1 heterocycles. The van der Waals surface area contributed by atoms with Gasteiger partial charge in [-0.15, -0.1) is 0 Å². The van der Waals surface area contributed by atoms with E-state index in [1.54, 1.807) is 17.5 Å². The maximum atomic E-state index is 5.60. The lowest BCUT2D eigenvalue weighted by Crippen LogP contribution is -1.91. The van der Waals surface area contributed by atoms with E-state index in [0.717, 1.165) is 14.6 Å². The van der Waals surface area contributed by atoms with E-state index in [1.807, 2.05) is 11.8 Å². The lowest BCUT2D eigenvalue weighted by Gasteiger charge is -2.03. The van der Waals surface area contributed by atoms with Crippen LogP contribution in [0.2, 0.25) is 0 Å². The van der Waals surface area contributed by atoms with Crippen molar-refractivity contribution in [2.75, 3.05) is 5.73 Å². The standard InChI is InChI=1S/C8H12N2S2/c9-7-5-10-8(12-7)11-6-3-1-2-4-6/h5-6H,1-4,9H2. The molecule has 12 heavy (non-hydrogen) atoms. The second-order valence-electron chi connectivity index (χ2n) is 3.05. The molecule has 1 fully saturated rings. The minimum Gasteiger partial charge on any atom is -0.389 e. The zero-order chi connectivity index (χ0) is 8.39. The smallest absolute Gasteiger partial charge is 0.152 e. The van der Waals surface area contributed by atoms with Crippen molar-refractivity contribution in [3.63, 3.8) is 0 Å². The third-order valence-corrected chi connectivity index (χ3v) is 4.34. The Morgan fingerprint density at radius 3 is 2.83 bits per heavy atom. The van der Waals surface area contributed by atoms with Crippen LogP contribution in [0.3, 0.4) is 0 Å². The maximum absolute atomic E-state index is 5.60. The van der Waals surface area contributed by atoms with Crippen molar-refractivity contribution >= 4 is 28.1 Å². The second-order valence-corrected chi connectivity index (χ2v) is 5.66. The third-order valence-electron chi connectivity index (χ3n) is 2.07. The van der Waals surface area contributed by atoms with Gasteiger partial charge in [-0.1, -0.05) is 35.9 Å². The van der Waals surface area contributed by atoms with E-state index in [4.69, 9.17) is 5.73 Å². The van der Waals surface area contributed by atoms with E-state index in [2.05, 4.69) is 4.98 Å². The molecule has 66 valence electrons. The van der Waals surface area contributed by atoms with Gasteiger partial charge in [0.1, 0.15) is 5.00 Å². The number of rotatable bonds is 2. The SMILES string of the molecule is Nc1cnc(SC2CCCC2)s1. The molecule has 2 nitrogen and oxygen atoms in total. The van der Waals surface area contributed by atoms with Crippen molar-refractivity contribution in [2.24, 2.45) is 0 Å². The van der Waals surface area contributed by atoms with Gasteiger partial charge in [0.25, 0.3) is 0 Å². The normalized spacial score (nSPS) is 18.7. The van der Waals surface area contributed by atoms with Crippen molar-refractivity contribution in [3.05, 3.63) is 6.20 Å². The first-order valence-corrected chi connectivity index (χ1v) is 5.92. The van der Waals surface area contributed by atoms with Gasteiger partial charge in [-0.2, -0.15) is 0 Å². The highest BCUT2D eigenvalue weighted by molar-refractivity contribution is 8.01. The van der Waals surface area contributed by atoms with Gasteiger partial charge in [0.15, 0.2) is 4.34 Å². The highest BCUT2D eigenvalue weighted by Crippen LogP contribution is 2.36. The molecular weight excluding hydrogens is 188 g/mol. The zero-order valence-corrected chi connectivity index (χ0v) is 8.46. The number of nitrogens with zero attached hydrogens (tertiary/aromatic N) is 1. The van der Waals surface area contributed by atoms with Crippen LogP contribution >= 0.6 is 23.1 Å². The van der Waals surface area contributed by atoms with Gasteiger partial charge in [0.05, 0.1) is 6.20 Å². The molecule has 0 amide bonds. The first-order chi connectivity index (χ1) is 5.84. The van der Waals surface area contributed by atoms with E-state index in [0.29, 0.717) is 0 Å². The van der Waals surface area contributed by atoms with Crippen LogP contribution in [0, 0.1) is 0 Å². The summed E-state index contributed by atoms with van der Waals surface area (Å²) in [5, 5.41) is 1.63. The molecule has 0 unspecified atom stereocenters. The number of hydrogen-bond donors (Lipinski definition) is 1. The summed E-state index contributed by atoms with van der Waals surface area (Å²) in [6.07, 6.45) is 7.23. The average Bonchev–Trinajstić information content (AvgIpc) is 2.63. The van der Waals surface area contributed by atoms with Gasteiger partial charge in [-0.3, -0.25) is 0 Å². The summed E-state index contributed by atoms with van der Waals surface area (Å²) < 4.78 is 1.14. The molecule has 0 spiro atoms. The summed E-state index contributed by atoms with van der Waals surface area (Å²) in [5.41, 5.74) is 5.60. The lowest BCUT2D eigenvalue weighted by atomic mass is 10.4. The van der Waals surface area contributed by atoms with Gasteiger partial charge < -0.3 is 5.73 Å². The first kappa shape index (κ1) is 8.38. The van der Waals surface area contributed by atoms with Crippen LogP contribution in [-0.4, -0.2) is 10.2 Å². The van der Waals surface area contributed by atoms with Gasteiger partial charge in [0, 0.05) is 5.25 Å². The summed E-state index contributed by atoms with van der Waals surface area (Å²) in [7, 11) is 0. The molecule has 0 bridgehead atoms. The van der Waals surface area contributed by atoms with Gasteiger partial charge in [-0.25, -0.2) is 4.98 Å². The van der Waals surface area contributed by atoms with Crippen LogP contribution in [-0.2, 0) is 0 Å². The van der Waals surface area contributed by atoms with Crippen molar-refractivity contribution in [3.8, 4) is 0 Å². The Morgan fingerprint density at radius 1 is 1.50 bits per heavy atom. The molecule has 1 aliphatic carbocycles. The van der Waals surface area contributed by atoms with E-state index >= 15 is 0 Å². The molecule has 1 saturated carbocycles. The largest absolute Gasteiger partial charge is 0.389 e. The van der Waals surface area contributed by atoms with Crippen LogP contribution in [0.25, 0.3) is 0 Å². The number of nitrogen functional groups attached to an aromatic ring is 1. The Kier molecular flexibility index (Phi) is 2.56. The molecule has 2 rings (SSSR count). The number of hydrogen-bond acceptors (Lipinski definition) is 4. The molecule has 0 atom stereocenters. The molecule has 2 N–H and O–H groups in total. The minimum atomic E-state index is 0.801. The van der Waals surface area contributed by atoms with Gasteiger partial charge in [-0.05, 0) is 12.8 Å². The lowest BCUT2D eigenvalue weighted by molar-refractivity contribution is 0.886. The van der Waals surface area contributed by atoms with Crippen molar-refractivity contribution in [1.82, 2.24) is 4.98 Å². The quantitative estimate of drug-likeness (QED) is 0.798. The monoisotopic (exact) mass is 200 g/mol. The molecule has 1 aromatic heterocycles. The Labute approximate surface area is 80.6 Å². The number of anilines is 1. The van der Waals surface area contributed by atoms with E-state index in [-0.39, 0.29) is 0 Å². The molecule has 1 aromatic rings. The zero-order valence-electron chi connectivity index (χ0n) is 6.82. The van der Waals surface area contributed by atoms with Gasteiger partial charge >= 0.3 is 0 Å². The highest BCUT2D eigenvalue weighted by Gasteiger charge is 2.17. The van der Waals surface area contributed by atoms with Crippen molar-refractivity contribution < 1.29 is 0 Å². The summed E-state index contributed by atoms with van der Waals surface area (Å²) in [6.45, 7) is 0. The van der Waals surface area contributed by atoms with Gasteiger partial charge in [0.2, 0.25) is 0 Å². The third kappa shape index (κ3) is 1.93. The predicted octanol–water partition coefficient (Wildman–Crippen LogP) is 2.76. The molecule has 4 heteroatoms. The van der Waals surface area contributed by atoms with E-state index < -0.39 is 0 Å². The van der Waals surface area contributed by atoms with Crippen molar-refractivity contribution in [1.29, 1.82) is 0 Å². The van der Waals surface area contributed by atoms with Crippen LogP contribution in [0.15, 0.2) is 10.5 Å². The molecular formula is C8H12N2S2. The Hall–Kier alpha value is -0.220. The van der Waals surface area contributed by atoms with Crippen molar-refractivity contribution in [2.45, 2.75) is 35.3 Å². The summed E-state index contributed by atoms with van der Waals surface area (Å²) >= 11 is 3.50. The number of thioether (sulfide) groups is 1. The predicted molar refractivity (Wildman–Crippen MR) is 54.6 cm³/mol. The van der Waals surface area contributed by atoms with Crippen LogP contribution in [0.1, 0.15) is 25.7 Å². The first-order valence-electron chi connectivity index (χ1n) is 4.22. The average molecular weight is 200 g/mol. The molecule has 0 aromatic carbocycles. The van der Waals surface area contributed by atoms with Crippen LogP contribution in [0.5, 0.6) is 0 Å². The number of nitrogens with two attached hydrogens (primary N) is 1. The number of aromatic nitrogens is 1. The fraction of sp³-hybridized carbons (Fsp3) is 0.625. The molecule has 0 aliphatic heterocycles. The second kappa shape index (κ2) is 3.66. The molecule has 0 radical (unpaired) electrons. The van der Waals surface area contributed by atoms with Crippen LogP contribution in [0.4, 0.5) is 5.00 Å². The van der Waals surface area contributed by atoms with Crippen LogP contribution < -0.4 is 5.73 Å². The Morgan fingerprint density at radius 2 is 2.25 bits per heavy atom. The Balaban J connectivity index is 1.94. The fourth-order valence-corrected chi connectivity index (χ4v) is 3.74.